The van der Waals surface area contributed by atoms with Crippen molar-refractivity contribution in [3.8, 4) is 5.75 Å². The zero-order chi connectivity index (χ0) is 35.8. The van der Waals surface area contributed by atoms with Gasteiger partial charge in [0.1, 0.15) is 29.9 Å². The standard InChI is InChI=1S/C31H48N6O10/c1-16(2)13-20(32)27(42)36-23(14-17(3)4)29(44)37-24(15-18-5-7-19(38)8-6-18)30(45)34-21(9-11-25(33)39)28(43)35-22(31(46)47)10-12-26(40)41/h5-8,16-17,20-24,38H,9-15,32H2,1-4H3,(H2,33,39)(H,34,45)(H,35,43)(H,36,42)(H,37,44)(H,40,41)(H,46,47)/t20-,21-,22-,23-,24-/m0/s1. The van der Waals surface area contributed by atoms with Crippen molar-refractivity contribution in [1.29, 1.82) is 0 Å². The molecule has 5 amide bonds. The molecule has 0 bridgehead atoms. The number of aliphatic carboxylic acids is 2. The molecule has 0 unspecified atom stereocenters. The van der Waals surface area contributed by atoms with Gasteiger partial charge in [-0.2, -0.15) is 0 Å². The highest BCUT2D eigenvalue weighted by atomic mass is 16.4. The molecule has 0 aliphatic rings. The van der Waals surface area contributed by atoms with Gasteiger partial charge in [-0.15, -0.1) is 0 Å². The van der Waals surface area contributed by atoms with E-state index < -0.39 is 84.5 Å². The molecule has 0 aliphatic heterocycles. The second-order valence-corrected chi connectivity index (χ2v) is 12.3. The number of phenols is 1. The number of rotatable bonds is 21. The van der Waals surface area contributed by atoms with Crippen LogP contribution < -0.4 is 32.7 Å². The van der Waals surface area contributed by atoms with E-state index in [1.54, 1.807) is 0 Å². The van der Waals surface area contributed by atoms with Crippen molar-refractivity contribution in [2.75, 3.05) is 0 Å². The number of primary amides is 1. The third kappa shape index (κ3) is 15.9. The molecule has 1 aromatic rings. The number of carboxylic acids is 2. The van der Waals surface area contributed by atoms with E-state index in [4.69, 9.17) is 16.6 Å². The average Bonchev–Trinajstić information content (AvgIpc) is 2.96. The first kappa shape index (κ1) is 40.3. The Labute approximate surface area is 273 Å². The van der Waals surface area contributed by atoms with Crippen molar-refractivity contribution in [2.24, 2.45) is 23.3 Å². The maximum atomic E-state index is 13.7. The van der Waals surface area contributed by atoms with E-state index in [1.807, 2.05) is 27.7 Å². The lowest BCUT2D eigenvalue weighted by atomic mass is 9.99. The lowest BCUT2D eigenvalue weighted by Gasteiger charge is -2.27. The van der Waals surface area contributed by atoms with Crippen LogP contribution in [0.15, 0.2) is 24.3 Å². The molecule has 262 valence electrons. The van der Waals surface area contributed by atoms with Gasteiger partial charge in [-0.25, -0.2) is 4.79 Å². The van der Waals surface area contributed by atoms with Crippen LogP contribution in [-0.4, -0.2) is 87.0 Å². The van der Waals surface area contributed by atoms with Crippen LogP contribution in [0.1, 0.15) is 71.8 Å². The first-order chi connectivity index (χ1) is 21.9. The third-order valence-corrected chi connectivity index (χ3v) is 6.99. The summed E-state index contributed by atoms with van der Waals surface area (Å²) in [5, 5.41) is 38.0. The molecule has 0 saturated carbocycles. The average molecular weight is 665 g/mol. The molecule has 1 aromatic carbocycles. The molecular formula is C31H48N6O10. The van der Waals surface area contributed by atoms with E-state index in [1.165, 1.54) is 24.3 Å². The number of carboxylic acid groups (broad SMARTS) is 2. The van der Waals surface area contributed by atoms with Gasteiger partial charge in [-0.1, -0.05) is 39.8 Å². The molecule has 16 nitrogen and oxygen atoms in total. The van der Waals surface area contributed by atoms with Gasteiger partial charge >= 0.3 is 11.9 Å². The second kappa shape index (κ2) is 19.7. The number of amides is 5. The topological polar surface area (TPSA) is 280 Å². The van der Waals surface area contributed by atoms with Gasteiger partial charge in [0.05, 0.1) is 6.04 Å². The molecule has 5 atom stereocenters. The Bertz CT molecular complexity index is 1250. The number of carbonyl (C=O) groups is 7. The van der Waals surface area contributed by atoms with E-state index in [0.717, 1.165) is 0 Å². The first-order valence-corrected chi connectivity index (χ1v) is 15.4. The van der Waals surface area contributed by atoms with Gasteiger partial charge in [0.25, 0.3) is 0 Å². The predicted molar refractivity (Wildman–Crippen MR) is 169 cm³/mol. The van der Waals surface area contributed by atoms with Crippen LogP contribution in [0.2, 0.25) is 0 Å². The van der Waals surface area contributed by atoms with E-state index in [-0.39, 0.29) is 43.3 Å². The first-order valence-electron chi connectivity index (χ1n) is 15.4. The van der Waals surface area contributed by atoms with Crippen molar-refractivity contribution < 1.29 is 48.9 Å². The van der Waals surface area contributed by atoms with Gasteiger partial charge < -0.3 is 48.1 Å². The van der Waals surface area contributed by atoms with Crippen LogP contribution in [0.5, 0.6) is 5.75 Å². The zero-order valence-electron chi connectivity index (χ0n) is 27.2. The Morgan fingerprint density at radius 3 is 1.64 bits per heavy atom. The number of hydrogen-bond donors (Lipinski definition) is 9. The quantitative estimate of drug-likeness (QED) is 0.0808. The minimum atomic E-state index is -1.61. The Hall–Kier alpha value is -4.73. The SMILES string of the molecule is CC(C)C[C@H](NC(=O)[C@@H](N)CC(C)C)C(=O)N[C@@H](Cc1ccc(O)cc1)C(=O)N[C@@H](CCC(N)=O)C(=O)N[C@@H](CCC(=O)O)C(=O)O. The van der Waals surface area contributed by atoms with Crippen LogP contribution in [0, 0.1) is 11.8 Å². The number of aromatic hydroxyl groups is 1. The molecule has 0 aliphatic carbocycles. The summed E-state index contributed by atoms with van der Waals surface area (Å²) in [5.41, 5.74) is 11.8. The van der Waals surface area contributed by atoms with Crippen LogP contribution in [0.3, 0.4) is 0 Å². The Kier molecular flexibility index (Phi) is 16.9. The lowest BCUT2D eigenvalue weighted by Crippen LogP contribution is -2.59. The number of hydrogen-bond acceptors (Lipinski definition) is 9. The summed E-state index contributed by atoms with van der Waals surface area (Å²) in [4.78, 5) is 87.3. The highest BCUT2D eigenvalue weighted by Gasteiger charge is 2.32. The smallest absolute Gasteiger partial charge is 0.326 e. The minimum absolute atomic E-state index is 0.0460. The fourth-order valence-electron chi connectivity index (χ4n) is 4.57. The van der Waals surface area contributed by atoms with Crippen molar-refractivity contribution in [3.05, 3.63) is 29.8 Å². The van der Waals surface area contributed by atoms with Gasteiger partial charge in [0.2, 0.25) is 29.5 Å². The molecule has 0 fully saturated rings. The van der Waals surface area contributed by atoms with E-state index in [9.17, 15) is 43.8 Å². The molecule has 0 spiro atoms. The van der Waals surface area contributed by atoms with Crippen molar-refractivity contribution in [2.45, 2.75) is 103 Å². The molecule has 11 N–H and O–H groups in total. The number of nitrogens with one attached hydrogen (secondary N) is 4. The third-order valence-electron chi connectivity index (χ3n) is 6.99. The maximum absolute atomic E-state index is 13.7. The molecule has 0 heterocycles. The predicted octanol–water partition coefficient (Wildman–Crippen LogP) is -0.492. The van der Waals surface area contributed by atoms with Crippen LogP contribution in [-0.2, 0) is 40.0 Å². The Balaban J connectivity index is 3.34. The molecule has 0 saturated heterocycles. The highest BCUT2D eigenvalue weighted by Crippen LogP contribution is 2.14. The highest BCUT2D eigenvalue weighted by molar-refractivity contribution is 5.95. The summed E-state index contributed by atoms with van der Waals surface area (Å²) in [5.74, 6) is -6.75. The lowest BCUT2D eigenvalue weighted by molar-refractivity contribution is -0.143. The summed E-state index contributed by atoms with van der Waals surface area (Å²) in [6.07, 6.45) is -1.27. The van der Waals surface area contributed by atoms with E-state index >= 15 is 0 Å². The van der Waals surface area contributed by atoms with Gasteiger partial charge in [0.15, 0.2) is 0 Å². The Morgan fingerprint density at radius 1 is 0.660 bits per heavy atom. The normalized spacial score (nSPS) is 14.3. The van der Waals surface area contributed by atoms with Gasteiger partial charge in [-0.3, -0.25) is 28.8 Å². The van der Waals surface area contributed by atoms with Gasteiger partial charge in [0, 0.05) is 19.3 Å². The fourth-order valence-corrected chi connectivity index (χ4v) is 4.57. The summed E-state index contributed by atoms with van der Waals surface area (Å²) >= 11 is 0. The molecule has 0 aromatic heterocycles. The molecule has 47 heavy (non-hydrogen) atoms. The number of phenolic OH excluding ortho intramolecular Hbond substituents is 1. The maximum Gasteiger partial charge on any atom is 0.326 e. The van der Waals surface area contributed by atoms with Gasteiger partial charge in [-0.05, 0) is 55.2 Å². The van der Waals surface area contributed by atoms with E-state index in [2.05, 4.69) is 21.3 Å². The molecule has 1 rings (SSSR count). The molecular weight excluding hydrogens is 616 g/mol. The minimum Gasteiger partial charge on any atom is -0.508 e. The van der Waals surface area contributed by atoms with Crippen LogP contribution in [0.4, 0.5) is 0 Å². The van der Waals surface area contributed by atoms with E-state index in [0.29, 0.717) is 12.0 Å². The second-order valence-electron chi connectivity index (χ2n) is 12.3. The summed E-state index contributed by atoms with van der Waals surface area (Å²) in [7, 11) is 0. The summed E-state index contributed by atoms with van der Waals surface area (Å²) in [6.45, 7) is 7.47. The summed E-state index contributed by atoms with van der Waals surface area (Å²) < 4.78 is 0. The van der Waals surface area contributed by atoms with Crippen LogP contribution in [0.25, 0.3) is 0 Å². The number of benzene rings is 1. The Morgan fingerprint density at radius 2 is 1.13 bits per heavy atom. The van der Waals surface area contributed by atoms with Crippen LogP contribution >= 0.6 is 0 Å². The monoisotopic (exact) mass is 664 g/mol. The molecule has 0 radical (unpaired) electrons. The van der Waals surface area contributed by atoms with Crippen molar-refractivity contribution >= 4 is 41.5 Å². The van der Waals surface area contributed by atoms with Crippen molar-refractivity contribution in [1.82, 2.24) is 21.3 Å². The largest absolute Gasteiger partial charge is 0.508 e. The number of nitrogens with two attached hydrogens (primary N) is 2. The zero-order valence-corrected chi connectivity index (χ0v) is 27.2. The van der Waals surface area contributed by atoms with Crippen molar-refractivity contribution in [3.63, 3.8) is 0 Å². The fraction of sp³-hybridized carbons (Fsp3) is 0.581. The number of carbonyl (C=O) groups excluding carboxylic acids is 5. The molecule has 16 heteroatoms. The summed E-state index contributed by atoms with van der Waals surface area (Å²) in [6, 6.07) is -0.642.